The fraction of sp³-hybridized carbons (Fsp3) is 0.389. The number of aromatic nitrogens is 3. The van der Waals surface area contributed by atoms with Crippen molar-refractivity contribution in [1.82, 2.24) is 24.1 Å². The van der Waals surface area contributed by atoms with E-state index in [9.17, 15) is 4.79 Å². The van der Waals surface area contributed by atoms with Crippen LogP contribution in [0.5, 0.6) is 0 Å². The molecule has 0 saturated carbocycles. The van der Waals surface area contributed by atoms with Gasteiger partial charge in [-0.2, -0.15) is 4.37 Å². The molecule has 0 aliphatic carbocycles. The van der Waals surface area contributed by atoms with E-state index >= 15 is 0 Å². The first-order valence-electron chi connectivity index (χ1n) is 8.42. The molecule has 1 aliphatic heterocycles. The first-order valence-corrected chi connectivity index (χ1v) is 9.19. The molecule has 2 aromatic heterocycles. The molecule has 3 aromatic rings. The molecule has 3 heterocycles. The minimum atomic E-state index is 0.00478. The van der Waals surface area contributed by atoms with E-state index in [1.807, 2.05) is 30.1 Å². The molecule has 1 N–H and O–H groups in total. The normalized spacial score (nSPS) is 21.0. The van der Waals surface area contributed by atoms with E-state index in [-0.39, 0.29) is 17.9 Å². The fourth-order valence-corrected chi connectivity index (χ4v) is 4.47. The van der Waals surface area contributed by atoms with Gasteiger partial charge in [0, 0.05) is 51.4 Å². The minimum Gasteiger partial charge on any atom is -0.352 e. The number of rotatable bonds is 4. The van der Waals surface area contributed by atoms with Crippen LogP contribution in [0.15, 0.2) is 36.7 Å². The van der Waals surface area contributed by atoms with Crippen LogP contribution in [0.25, 0.3) is 10.1 Å². The topological polar surface area (TPSA) is 63.1 Å². The zero-order valence-corrected chi connectivity index (χ0v) is 15.2. The van der Waals surface area contributed by atoms with Crippen LogP contribution in [-0.2, 0) is 18.4 Å². The van der Waals surface area contributed by atoms with Crippen LogP contribution in [-0.4, -0.2) is 43.9 Å². The molecular formula is C18H21N5OS. The molecule has 4 rings (SSSR count). The van der Waals surface area contributed by atoms with Crippen molar-refractivity contribution < 1.29 is 4.79 Å². The van der Waals surface area contributed by atoms with Crippen LogP contribution >= 0.6 is 11.5 Å². The predicted octanol–water partition coefficient (Wildman–Crippen LogP) is 2.13. The van der Waals surface area contributed by atoms with E-state index in [0.717, 1.165) is 31.2 Å². The average Bonchev–Trinajstić information content (AvgIpc) is 3.27. The third kappa shape index (κ3) is 3.17. The summed E-state index contributed by atoms with van der Waals surface area (Å²) >= 11 is 1.55. The van der Waals surface area contributed by atoms with Gasteiger partial charge in [0.05, 0.1) is 22.4 Å². The molecule has 1 aromatic carbocycles. The fourth-order valence-electron chi connectivity index (χ4n) is 3.68. The Balaban J connectivity index is 1.57. The van der Waals surface area contributed by atoms with Gasteiger partial charge in [0.25, 0.3) is 0 Å². The molecule has 1 fully saturated rings. The summed E-state index contributed by atoms with van der Waals surface area (Å²) in [5.41, 5.74) is 1.11. The summed E-state index contributed by atoms with van der Waals surface area (Å²) < 4.78 is 7.90. The highest BCUT2D eigenvalue weighted by atomic mass is 32.1. The van der Waals surface area contributed by atoms with Crippen LogP contribution < -0.4 is 5.32 Å². The molecule has 0 unspecified atom stereocenters. The van der Waals surface area contributed by atoms with E-state index in [1.54, 1.807) is 18.5 Å². The molecule has 1 saturated heterocycles. The highest BCUT2D eigenvalue weighted by Gasteiger charge is 2.36. The quantitative estimate of drug-likeness (QED) is 0.779. The number of hydrogen-bond acceptors (Lipinski definition) is 5. The lowest BCUT2D eigenvalue weighted by Gasteiger charge is -2.18. The monoisotopic (exact) mass is 355 g/mol. The second kappa shape index (κ2) is 6.57. The molecule has 25 heavy (non-hydrogen) atoms. The summed E-state index contributed by atoms with van der Waals surface area (Å²) in [5.74, 6) is 1.21. The second-order valence-corrected chi connectivity index (χ2v) is 7.43. The SMILES string of the molecule is CC(=O)N[C@@H]1CN(Cc2nsc3ccccc23)C[C@H]1c1nccn1C. The maximum atomic E-state index is 11.6. The van der Waals surface area contributed by atoms with E-state index in [1.165, 1.54) is 10.1 Å². The van der Waals surface area contributed by atoms with Crippen molar-refractivity contribution in [3.63, 3.8) is 0 Å². The summed E-state index contributed by atoms with van der Waals surface area (Å²) in [6, 6.07) is 8.41. The number of fused-ring (bicyclic) bond motifs is 1. The van der Waals surface area contributed by atoms with Gasteiger partial charge < -0.3 is 9.88 Å². The number of imidazole rings is 1. The van der Waals surface area contributed by atoms with Gasteiger partial charge in [-0.3, -0.25) is 9.69 Å². The molecule has 0 radical (unpaired) electrons. The van der Waals surface area contributed by atoms with Gasteiger partial charge in [0.1, 0.15) is 5.82 Å². The summed E-state index contributed by atoms with van der Waals surface area (Å²) in [6.45, 7) is 4.04. The van der Waals surface area contributed by atoms with Crippen LogP contribution in [0.2, 0.25) is 0 Å². The first kappa shape index (κ1) is 16.2. The van der Waals surface area contributed by atoms with Crippen LogP contribution in [0.1, 0.15) is 24.4 Å². The lowest BCUT2D eigenvalue weighted by atomic mass is 10.0. The van der Waals surface area contributed by atoms with Gasteiger partial charge in [0.2, 0.25) is 5.91 Å². The molecule has 6 nitrogen and oxygen atoms in total. The maximum Gasteiger partial charge on any atom is 0.217 e. The lowest BCUT2D eigenvalue weighted by Crippen LogP contribution is -2.39. The maximum absolute atomic E-state index is 11.6. The van der Waals surface area contributed by atoms with Gasteiger partial charge >= 0.3 is 0 Å². The van der Waals surface area contributed by atoms with Gasteiger partial charge in [-0.25, -0.2) is 4.98 Å². The largest absolute Gasteiger partial charge is 0.352 e. The van der Waals surface area contributed by atoms with Gasteiger partial charge in [0.15, 0.2) is 0 Å². The van der Waals surface area contributed by atoms with Crippen molar-refractivity contribution in [2.45, 2.75) is 25.4 Å². The highest BCUT2D eigenvalue weighted by molar-refractivity contribution is 7.13. The van der Waals surface area contributed by atoms with Crippen LogP contribution in [0.4, 0.5) is 0 Å². The number of carbonyl (C=O) groups excluding carboxylic acids is 1. The zero-order valence-electron chi connectivity index (χ0n) is 14.3. The Labute approximate surface area is 150 Å². The highest BCUT2D eigenvalue weighted by Crippen LogP contribution is 2.29. The van der Waals surface area contributed by atoms with Crippen molar-refractivity contribution >= 4 is 27.5 Å². The summed E-state index contributed by atoms with van der Waals surface area (Å²) in [7, 11) is 2.00. The van der Waals surface area contributed by atoms with Gasteiger partial charge in [-0.05, 0) is 17.6 Å². The smallest absolute Gasteiger partial charge is 0.217 e. The van der Waals surface area contributed by atoms with Gasteiger partial charge in [-0.15, -0.1) is 0 Å². The number of carbonyl (C=O) groups is 1. The number of aryl methyl sites for hydroxylation is 1. The standard InChI is InChI=1S/C18H21N5OS/c1-12(24)20-15-10-23(9-14(15)18-19-7-8-22(18)2)11-16-13-5-3-4-6-17(13)25-21-16/h3-8,14-15H,9-11H2,1-2H3,(H,20,24)/t14-,15-/m1/s1. The Morgan fingerprint density at radius 3 is 2.96 bits per heavy atom. The third-order valence-electron chi connectivity index (χ3n) is 4.80. The second-order valence-electron chi connectivity index (χ2n) is 6.63. The van der Waals surface area contributed by atoms with E-state index in [0.29, 0.717) is 0 Å². The Morgan fingerprint density at radius 2 is 2.20 bits per heavy atom. The zero-order chi connectivity index (χ0) is 17.4. The molecule has 130 valence electrons. The molecular weight excluding hydrogens is 334 g/mol. The van der Waals surface area contributed by atoms with E-state index < -0.39 is 0 Å². The Hall–Kier alpha value is -2.25. The van der Waals surface area contributed by atoms with Crippen molar-refractivity contribution in [3.05, 3.63) is 48.2 Å². The number of hydrogen-bond donors (Lipinski definition) is 1. The van der Waals surface area contributed by atoms with Crippen molar-refractivity contribution in [3.8, 4) is 0 Å². The summed E-state index contributed by atoms with van der Waals surface area (Å²) in [5, 5.41) is 4.33. The lowest BCUT2D eigenvalue weighted by molar-refractivity contribution is -0.119. The first-order chi connectivity index (χ1) is 12.1. The number of amides is 1. The van der Waals surface area contributed by atoms with E-state index in [4.69, 9.17) is 0 Å². The Bertz CT molecular complexity index is 902. The minimum absolute atomic E-state index is 0.00478. The molecule has 0 bridgehead atoms. The average molecular weight is 355 g/mol. The van der Waals surface area contributed by atoms with E-state index in [2.05, 4.69) is 37.8 Å². The number of likely N-dealkylation sites (tertiary alicyclic amines) is 1. The van der Waals surface area contributed by atoms with Gasteiger partial charge in [-0.1, -0.05) is 18.2 Å². The predicted molar refractivity (Wildman–Crippen MR) is 98.5 cm³/mol. The number of nitrogens with zero attached hydrogens (tertiary/aromatic N) is 4. The Morgan fingerprint density at radius 1 is 1.36 bits per heavy atom. The summed E-state index contributed by atoms with van der Waals surface area (Å²) in [4.78, 5) is 18.5. The molecule has 1 amide bonds. The molecule has 2 atom stereocenters. The third-order valence-corrected chi connectivity index (χ3v) is 5.66. The van der Waals surface area contributed by atoms with Crippen molar-refractivity contribution in [2.24, 2.45) is 7.05 Å². The Kier molecular flexibility index (Phi) is 4.27. The van der Waals surface area contributed by atoms with Crippen molar-refractivity contribution in [2.75, 3.05) is 13.1 Å². The molecule has 1 aliphatic rings. The van der Waals surface area contributed by atoms with Crippen LogP contribution in [0, 0.1) is 0 Å². The number of benzene rings is 1. The molecule has 0 spiro atoms. The van der Waals surface area contributed by atoms with Crippen molar-refractivity contribution in [1.29, 1.82) is 0 Å². The number of nitrogens with one attached hydrogen (secondary N) is 1. The summed E-state index contributed by atoms with van der Waals surface area (Å²) in [6.07, 6.45) is 3.77. The van der Waals surface area contributed by atoms with Crippen LogP contribution in [0.3, 0.4) is 0 Å². The molecule has 7 heteroatoms.